The number of rotatable bonds is 6. The minimum Gasteiger partial charge on any atom is -0.368 e. The third-order valence-corrected chi connectivity index (χ3v) is 5.08. The highest BCUT2D eigenvalue weighted by atomic mass is 16.5. The smallest absolute Gasteiger partial charge is 0.253 e. The van der Waals surface area contributed by atoms with E-state index in [-0.39, 0.29) is 29.7 Å². The summed E-state index contributed by atoms with van der Waals surface area (Å²) in [7, 11) is 0. The van der Waals surface area contributed by atoms with Gasteiger partial charge in [0.1, 0.15) is 6.10 Å². The fourth-order valence-corrected chi connectivity index (χ4v) is 3.23. The van der Waals surface area contributed by atoms with Crippen molar-refractivity contribution in [1.82, 2.24) is 5.32 Å². The maximum absolute atomic E-state index is 12.3. The molecule has 3 amide bonds. The molecule has 2 aromatic carbocycles. The van der Waals surface area contributed by atoms with Gasteiger partial charge in [0.25, 0.3) is 11.8 Å². The van der Waals surface area contributed by atoms with Crippen LogP contribution in [0, 0.1) is 0 Å². The van der Waals surface area contributed by atoms with Crippen molar-refractivity contribution in [2.75, 3.05) is 23.8 Å². The van der Waals surface area contributed by atoms with Crippen LogP contribution in [0.2, 0.25) is 0 Å². The van der Waals surface area contributed by atoms with Crippen LogP contribution in [-0.4, -0.2) is 37.0 Å². The Balaban J connectivity index is 1.45. The second-order valence-corrected chi connectivity index (χ2v) is 8.63. The predicted molar refractivity (Wildman–Crippen MR) is 120 cm³/mol. The molecule has 1 atom stereocenters. The van der Waals surface area contributed by atoms with Crippen LogP contribution < -0.4 is 16.0 Å². The third-order valence-electron chi connectivity index (χ3n) is 5.08. The molecule has 1 fully saturated rings. The molecule has 0 spiro atoms. The van der Waals surface area contributed by atoms with E-state index in [0.717, 1.165) is 18.4 Å². The zero-order chi connectivity index (χ0) is 22.4. The van der Waals surface area contributed by atoms with E-state index in [1.807, 2.05) is 12.1 Å². The average Bonchev–Trinajstić information content (AvgIpc) is 3.28. The number of amides is 3. The summed E-state index contributed by atoms with van der Waals surface area (Å²) in [5.41, 5.74) is 2.86. The summed E-state index contributed by atoms with van der Waals surface area (Å²) in [5.74, 6) is -0.800. The van der Waals surface area contributed by atoms with E-state index in [1.165, 1.54) is 0 Å². The molecule has 2 aromatic rings. The number of carbonyl (C=O) groups is 3. The molecule has 1 heterocycles. The van der Waals surface area contributed by atoms with Crippen molar-refractivity contribution in [3.05, 3.63) is 59.7 Å². The van der Waals surface area contributed by atoms with Crippen molar-refractivity contribution in [3.63, 3.8) is 0 Å². The number of anilines is 2. The van der Waals surface area contributed by atoms with E-state index >= 15 is 0 Å². The summed E-state index contributed by atoms with van der Waals surface area (Å²) in [5, 5.41) is 8.15. The molecule has 1 aliphatic rings. The van der Waals surface area contributed by atoms with E-state index in [9.17, 15) is 14.4 Å². The Bertz CT molecular complexity index is 925. The van der Waals surface area contributed by atoms with Gasteiger partial charge >= 0.3 is 0 Å². The Morgan fingerprint density at radius 2 is 1.55 bits per heavy atom. The maximum Gasteiger partial charge on any atom is 0.253 e. The third kappa shape index (κ3) is 6.39. The first-order chi connectivity index (χ1) is 14.7. The molecule has 0 bridgehead atoms. The lowest BCUT2D eigenvalue weighted by Gasteiger charge is -2.19. The molecule has 31 heavy (non-hydrogen) atoms. The summed E-state index contributed by atoms with van der Waals surface area (Å²) in [4.78, 5) is 36.5. The van der Waals surface area contributed by atoms with Gasteiger partial charge in [0.05, 0.1) is 6.54 Å². The molecule has 0 aliphatic carbocycles. The van der Waals surface area contributed by atoms with Crippen LogP contribution in [0.4, 0.5) is 11.4 Å². The Hall–Kier alpha value is -3.19. The van der Waals surface area contributed by atoms with Crippen molar-refractivity contribution < 1.29 is 19.1 Å². The minimum absolute atomic E-state index is 0.0114. The van der Waals surface area contributed by atoms with Gasteiger partial charge in [-0.05, 0) is 60.2 Å². The highest BCUT2D eigenvalue weighted by Crippen LogP contribution is 2.22. The van der Waals surface area contributed by atoms with Gasteiger partial charge in [0.2, 0.25) is 5.91 Å². The van der Waals surface area contributed by atoms with E-state index in [4.69, 9.17) is 4.74 Å². The Morgan fingerprint density at radius 3 is 2.10 bits per heavy atom. The molecule has 3 rings (SSSR count). The van der Waals surface area contributed by atoms with Crippen LogP contribution in [0.15, 0.2) is 48.5 Å². The summed E-state index contributed by atoms with van der Waals surface area (Å²) in [6.07, 6.45) is 1.22. The van der Waals surface area contributed by atoms with Gasteiger partial charge in [0, 0.05) is 23.5 Å². The summed E-state index contributed by atoms with van der Waals surface area (Å²) < 4.78 is 5.36. The highest BCUT2D eigenvalue weighted by Gasteiger charge is 2.23. The number of ether oxygens (including phenoxy) is 1. The second kappa shape index (κ2) is 9.75. The quantitative estimate of drug-likeness (QED) is 0.663. The van der Waals surface area contributed by atoms with E-state index in [1.54, 1.807) is 36.4 Å². The van der Waals surface area contributed by atoms with Crippen molar-refractivity contribution in [2.24, 2.45) is 0 Å². The normalized spacial score (nSPS) is 15.9. The molecule has 0 saturated carbocycles. The van der Waals surface area contributed by atoms with Crippen LogP contribution in [0.5, 0.6) is 0 Å². The van der Waals surface area contributed by atoms with E-state index in [2.05, 4.69) is 36.7 Å². The topological polar surface area (TPSA) is 96.5 Å². The Labute approximate surface area is 182 Å². The van der Waals surface area contributed by atoms with Gasteiger partial charge in [-0.3, -0.25) is 14.4 Å². The number of hydrogen-bond acceptors (Lipinski definition) is 4. The molecule has 7 nitrogen and oxygen atoms in total. The van der Waals surface area contributed by atoms with Gasteiger partial charge in [-0.1, -0.05) is 32.9 Å². The highest BCUT2D eigenvalue weighted by molar-refractivity contribution is 5.99. The first-order valence-electron chi connectivity index (χ1n) is 10.4. The van der Waals surface area contributed by atoms with Gasteiger partial charge in [-0.2, -0.15) is 0 Å². The lowest BCUT2D eigenvalue weighted by molar-refractivity contribution is -0.124. The molecule has 164 valence electrons. The first-order valence-corrected chi connectivity index (χ1v) is 10.4. The monoisotopic (exact) mass is 423 g/mol. The molecular weight excluding hydrogens is 394 g/mol. The van der Waals surface area contributed by atoms with Crippen LogP contribution in [-0.2, 0) is 19.7 Å². The SMILES string of the molecule is CC(C)(C)c1ccc(C(=O)NCC(=O)Nc2ccc(NC(=O)[C@H]3CCCO3)cc2)cc1. The zero-order valence-corrected chi connectivity index (χ0v) is 18.2. The molecule has 7 heteroatoms. The maximum atomic E-state index is 12.3. The molecule has 0 radical (unpaired) electrons. The largest absolute Gasteiger partial charge is 0.368 e. The Kier molecular flexibility index (Phi) is 7.07. The van der Waals surface area contributed by atoms with Crippen LogP contribution in [0.3, 0.4) is 0 Å². The lowest BCUT2D eigenvalue weighted by atomic mass is 9.87. The first kappa shape index (κ1) is 22.5. The van der Waals surface area contributed by atoms with Crippen molar-refractivity contribution in [1.29, 1.82) is 0 Å². The standard InChI is InChI=1S/C24H29N3O4/c1-24(2,3)17-8-6-16(7-9-17)22(29)25-15-21(28)26-18-10-12-19(13-11-18)27-23(30)20-5-4-14-31-20/h6-13,20H,4-5,14-15H2,1-3H3,(H,25,29)(H,26,28)(H,27,30)/t20-/m1/s1. The van der Waals surface area contributed by atoms with Gasteiger partial charge in [0.15, 0.2) is 0 Å². The van der Waals surface area contributed by atoms with Crippen molar-refractivity contribution >= 4 is 29.1 Å². The minimum atomic E-state index is -0.396. The fourth-order valence-electron chi connectivity index (χ4n) is 3.23. The van der Waals surface area contributed by atoms with Crippen LogP contribution in [0.1, 0.15) is 49.5 Å². The summed E-state index contributed by atoms with van der Waals surface area (Å²) >= 11 is 0. The lowest BCUT2D eigenvalue weighted by Crippen LogP contribution is -2.32. The molecular formula is C24H29N3O4. The summed E-state index contributed by atoms with van der Waals surface area (Å²) in [6.45, 7) is 6.80. The molecule has 3 N–H and O–H groups in total. The Morgan fingerprint density at radius 1 is 0.935 bits per heavy atom. The molecule has 0 aromatic heterocycles. The van der Waals surface area contributed by atoms with Crippen molar-refractivity contribution in [3.8, 4) is 0 Å². The van der Waals surface area contributed by atoms with Crippen molar-refractivity contribution in [2.45, 2.75) is 45.1 Å². The second-order valence-electron chi connectivity index (χ2n) is 8.63. The zero-order valence-electron chi connectivity index (χ0n) is 18.2. The number of nitrogens with one attached hydrogen (secondary N) is 3. The number of hydrogen-bond donors (Lipinski definition) is 3. The van der Waals surface area contributed by atoms with E-state index < -0.39 is 6.10 Å². The molecule has 0 unspecified atom stereocenters. The fraction of sp³-hybridized carbons (Fsp3) is 0.375. The number of carbonyl (C=O) groups excluding carboxylic acids is 3. The average molecular weight is 424 g/mol. The van der Waals surface area contributed by atoms with Gasteiger partial charge < -0.3 is 20.7 Å². The predicted octanol–water partition coefficient (Wildman–Crippen LogP) is 3.47. The van der Waals surface area contributed by atoms with Gasteiger partial charge in [-0.25, -0.2) is 0 Å². The number of benzene rings is 2. The molecule has 1 aliphatic heterocycles. The van der Waals surface area contributed by atoms with Gasteiger partial charge in [-0.15, -0.1) is 0 Å². The molecule has 1 saturated heterocycles. The van der Waals surface area contributed by atoms with E-state index in [0.29, 0.717) is 23.5 Å². The van der Waals surface area contributed by atoms with Crippen LogP contribution in [0.25, 0.3) is 0 Å². The van der Waals surface area contributed by atoms with Crippen LogP contribution >= 0.6 is 0 Å². The summed E-state index contributed by atoms with van der Waals surface area (Å²) in [6, 6.07) is 14.2.